The molecule has 51 heteroatoms. The van der Waals surface area contributed by atoms with Crippen LogP contribution in [0.25, 0.3) is 0 Å². The number of hydrogen-bond acceptors (Lipinski definition) is 34. The highest BCUT2D eigenvalue weighted by Gasteiger charge is 2.52. The number of benzene rings is 5. The van der Waals surface area contributed by atoms with Crippen LogP contribution in [0.1, 0.15) is 98.6 Å². The predicted octanol–water partition coefficient (Wildman–Crippen LogP) is 11.4. The van der Waals surface area contributed by atoms with Gasteiger partial charge < -0.3 is 48.8 Å². The molecule has 0 bridgehead atoms. The van der Waals surface area contributed by atoms with Gasteiger partial charge in [0.25, 0.3) is 0 Å². The van der Waals surface area contributed by atoms with Crippen LogP contribution in [0.5, 0.6) is 0 Å². The standard InChI is InChI=1S/C24H20ClFN4O4S2.C21H20ClFN4O6S2.C21H22ClFN4O5S2.C21H20ClFN4O4S2/c1-34-24(31)20-19-12-15(29-36(32,33)16-5-3-2-4-6-16)13-30(19)22(23-27-9-10-35-23)28-21(20)17-8-7-14(26)11-18(17)25;1-33-21(30)17-15-8-12(27(10-16(28)29)35(2,31)32)9-26(15)19(20-24-5-6-34-20)25-18(17)13-4-3-11(23)7-14(13)22;1-32-21(29)17-16-10-13(27(6-7-28)34(2,30)31)11-26(16)19(20-24-5-8-33-20)25-18(17)14-4-3-12(23)9-15(14)22;1-31-21(28)17-16-10-13(27-6-2-8-33(27,29)30)11-26(16)19(20-24-5-7-32-20)25-18(17)14-4-3-12(23)9-15(14)22/h2-11,15,21,29H,12-13H2,1H3;3-7,12,18H,8-10H2,1-2H3,(H,28,29);3-5,8-9,13,18,28H,6-7,10-11H2,1-2H3;3-5,7,9,13,18H,2,6,8,10-11H2,1H3/t15-,21-;12-,18-;2*13-,18-/m0000/s1. The van der Waals surface area contributed by atoms with Gasteiger partial charge in [0, 0.05) is 201 Å². The van der Waals surface area contributed by atoms with Crippen molar-refractivity contribution in [2.45, 2.75) is 85.3 Å². The number of sulfonamides is 4. The lowest BCUT2D eigenvalue weighted by molar-refractivity contribution is -0.138. The SMILES string of the molecule is COC(=O)C1=C2C[C@H](N(CC(=O)O)S(C)(=O)=O)CN2C(c2nccs2)=N[C@H]1c1ccc(F)cc1Cl.COC(=O)C1=C2C[C@H](N(CCO)S(C)(=O)=O)CN2C(c2nccs2)=N[C@H]1c1ccc(F)cc1Cl.COC(=O)C1=C2C[C@H](N3CCCS3(=O)=O)CN2C(c2nccs2)=N[C@H]1c1ccc(F)cc1Cl.COC(=O)C1=C2C[C@H](NS(=O)(=O)c3ccccc3)CN2C(c2nccs2)=N[C@H]1c1ccc(F)cc1Cl. The molecule has 9 aliphatic rings. The van der Waals surface area contributed by atoms with E-state index in [9.17, 15) is 85.4 Å². The van der Waals surface area contributed by atoms with E-state index in [2.05, 4.69) is 24.7 Å². The highest BCUT2D eigenvalue weighted by atomic mass is 35.5. The Bertz CT molecular complexity index is 7020. The summed E-state index contributed by atoms with van der Waals surface area (Å²) < 4.78 is 183. The summed E-state index contributed by atoms with van der Waals surface area (Å²) in [5.74, 6) is -4.10. The zero-order valence-electron chi connectivity index (χ0n) is 73.3. The fourth-order valence-electron chi connectivity index (χ4n) is 17.6. The highest BCUT2D eigenvalue weighted by molar-refractivity contribution is 7.90. The molecule has 9 aromatic rings. The first-order valence-corrected chi connectivity index (χ1v) is 53.5. The van der Waals surface area contributed by atoms with Crippen molar-refractivity contribution in [3.05, 3.63) is 280 Å². The fourth-order valence-corrected chi connectivity index (χ4v) is 26.3. The third kappa shape index (κ3) is 21.5. The maximum Gasteiger partial charge on any atom is 0.338 e. The molecule has 3 N–H and O–H groups in total. The van der Waals surface area contributed by atoms with Gasteiger partial charge in [-0.2, -0.15) is 12.9 Å². The van der Waals surface area contributed by atoms with Crippen molar-refractivity contribution < 1.29 is 104 Å². The molecule has 5 aromatic carbocycles. The highest BCUT2D eigenvalue weighted by Crippen LogP contribution is 2.50. The number of aromatic nitrogens is 4. The van der Waals surface area contributed by atoms with E-state index in [1.165, 1.54) is 149 Å². The Hall–Kier alpha value is -10.7. The van der Waals surface area contributed by atoms with E-state index in [1.54, 1.807) is 73.8 Å². The quantitative estimate of drug-likeness (QED) is 0.0287. The Kier molecular flexibility index (Phi) is 31.2. The molecule has 13 heterocycles. The summed E-state index contributed by atoms with van der Waals surface area (Å²) in [5, 5.41) is 28.6. The van der Waals surface area contributed by atoms with Gasteiger partial charge >= 0.3 is 29.8 Å². The summed E-state index contributed by atoms with van der Waals surface area (Å²) in [6.07, 6.45) is 9.77. The molecular weight excluding hydrogens is 2050 g/mol. The first kappa shape index (κ1) is 102. The van der Waals surface area contributed by atoms with Gasteiger partial charge in [-0.25, -0.2) is 95.1 Å². The number of amidine groups is 4. The largest absolute Gasteiger partial charge is 0.480 e. The van der Waals surface area contributed by atoms with Crippen LogP contribution in [0, 0.1) is 23.3 Å². The summed E-state index contributed by atoms with van der Waals surface area (Å²) in [6, 6.07) is 17.6. The van der Waals surface area contributed by atoms with Crippen LogP contribution in [-0.2, 0) is 83.0 Å². The summed E-state index contributed by atoms with van der Waals surface area (Å²) in [5.41, 5.74) is 4.52. The van der Waals surface area contributed by atoms with Gasteiger partial charge in [0.05, 0.1) is 80.5 Å². The minimum Gasteiger partial charge on any atom is -0.480 e. The molecule has 0 saturated carbocycles. The smallest absolute Gasteiger partial charge is 0.338 e. The lowest BCUT2D eigenvalue weighted by Crippen LogP contribution is -2.45. The second-order valence-corrected chi connectivity index (χ2v) is 44.6. The number of nitrogens with zero attached hydrogens (tertiary/aromatic N) is 15. The van der Waals surface area contributed by atoms with Crippen molar-refractivity contribution in [2.75, 3.05) is 99.1 Å². The number of rotatable bonds is 24. The molecule has 0 unspecified atom stereocenters. The number of carbonyl (C=O) groups is 5. The molecule has 0 spiro atoms. The number of aliphatic hydroxyl groups is 1. The normalized spacial score (nSPS) is 21.2. The molecule has 35 nitrogen and oxygen atoms in total. The second-order valence-electron chi connectivity index (χ2n) is 31.8. The molecule has 0 aliphatic carbocycles. The van der Waals surface area contributed by atoms with Crippen LogP contribution >= 0.6 is 91.8 Å². The maximum absolute atomic E-state index is 13.8. The lowest BCUT2D eigenvalue weighted by atomic mass is 9.94. The Labute approximate surface area is 824 Å². The molecule has 18 rings (SSSR count). The van der Waals surface area contributed by atoms with Crippen LogP contribution in [0.3, 0.4) is 0 Å². The minimum atomic E-state index is -3.91. The number of ether oxygens (including phenoxy) is 4. The van der Waals surface area contributed by atoms with Crippen molar-refractivity contribution in [1.82, 2.24) is 57.2 Å². The first-order chi connectivity index (χ1) is 65.7. The molecule has 8 atom stereocenters. The molecule has 5 fully saturated rings. The van der Waals surface area contributed by atoms with E-state index in [0.29, 0.717) is 114 Å². The van der Waals surface area contributed by atoms with Gasteiger partial charge in [-0.05, 0) is 67.1 Å². The topological polar surface area (TPSA) is 435 Å². The number of methoxy groups -OCH3 is 4. The molecule has 728 valence electrons. The van der Waals surface area contributed by atoms with E-state index >= 15 is 0 Å². The average Bonchev–Trinajstić information content (AvgIpc) is 1.60. The van der Waals surface area contributed by atoms with E-state index in [4.69, 9.17) is 85.3 Å². The number of carbonyl (C=O) groups excluding carboxylic acids is 4. The third-order valence-corrected chi connectivity index (χ3v) is 33.9. The summed E-state index contributed by atoms with van der Waals surface area (Å²) in [7, 11) is -9.75. The van der Waals surface area contributed by atoms with Crippen molar-refractivity contribution in [2.24, 2.45) is 20.0 Å². The predicted molar refractivity (Wildman–Crippen MR) is 508 cm³/mol. The first-order valence-electron chi connectivity index (χ1n) is 41.6. The van der Waals surface area contributed by atoms with Crippen LogP contribution in [0.2, 0.25) is 20.1 Å². The molecule has 0 radical (unpaired) electrons. The number of aliphatic imine (C=N–C) groups is 4. The third-order valence-electron chi connectivity index (χ3n) is 23.3. The molecule has 5 saturated heterocycles. The second kappa shape index (κ2) is 42.4. The molecule has 9 aliphatic heterocycles. The van der Waals surface area contributed by atoms with Crippen LogP contribution in [-0.4, -0.2) is 273 Å². The van der Waals surface area contributed by atoms with Crippen molar-refractivity contribution >= 4 is 185 Å². The van der Waals surface area contributed by atoms with Crippen LogP contribution in [0.15, 0.2) is 219 Å². The van der Waals surface area contributed by atoms with Gasteiger partial charge in [-0.1, -0.05) is 88.9 Å². The number of hydrogen-bond donors (Lipinski definition) is 3. The number of carboxylic acids is 1. The number of carboxylic acid groups (broad SMARTS) is 1. The molecule has 0 amide bonds. The Morgan fingerprint density at radius 2 is 0.812 bits per heavy atom. The van der Waals surface area contributed by atoms with Gasteiger partial charge in [-0.15, -0.1) is 45.3 Å². The minimum absolute atomic E-state index is 0.0183. The van der Waals surface area contributed by atoms with Crippen molar-refractivity contribution in [3.63, 3.8) is 0 Å². The number of fused-ring (bicyclic) bond motifs is 4. The Morgan fingerprint density at radius 1 is 0.478 bits per heavy atom. The fraction of sp³-hybridized carbons (Fsp3) is 0.322. The van der Waals surface area contributed by atoms with Crippen LogP contribution < -0.4 is 4.72 Å². The van der Waals surface area contributed by atoms with Crippen LogP contribution in [0.4, 0.5) is 17.6 Å². The number of nitrogens with one attached hydrogen (secondary N) is 1. The van der Waals surface area contributed by atoms with Crippen molar-refractivity contribution in [3.8, 4) is 0 Å². The molecular formula is C87H82Cl4F4N16O19S8. The molecule has 138 heavy (non-hydrogen) atoms. The van der Waals surface area contributed by atoms with Crippen molar-refractivity contribution in [1.29, 1.82) is 0 Å². The van der Waals surface area contributed by atoms with E-state index in [0.717, 1.165) is 35.0 Å². The summed E-state index contributed by atoms with van der Waals surface area (Å²) in [4.78, 5) is 107. The summed E-state index contributed by atoms with van der Waals surface area (Å²) >= 11 is 30.8. The van der Waals surface area contributed by atoms with E-state index < -0.39 is 142 Å². The van der Waals surface area contributed by atoms with Gasteiger partial charge in [0.15, 0.2) is 43.4 Å². The molecule has 4 aromatic heterocycles. The lowest BCUT2D eigenvalue weighted by Gasteiger charge is -2.31. The monoisotopic (exact) mass is 2130 g/mol. The van der Waals surface area contributed by atoms with E-state index in [1.807, 2.05) is 10.3 Å². The maximum atomic E-state index is 13.8. The average molecular weight is 2130 g/mol. The Morgan fingerprint density at radius 3 is 1.12 bits per heavy atom. The van der Waals surface area contributed by atoms with Gasteiger partial charge in [0.2, 0.25) is 40.1 Å². The zero-order valence-corrected chi connectivity index (χ0v) is 82.8. The summed E-state index contributed by atoms with van der Waals surface area (Å²) in [6.45, 7) is 0.0712. The number of thiazole rings is 4. The number of aliphatic hydroxyl groups excluding tert-OH is 1. The number of esters is 4. The van der Waals surface area contributed by atoms with Gasteiger partial charge in [0.1, 0.15) is 54.0 Å². The zero-order chi connectivity index (χ0) is 98.9. The van der Waals surface area contributed by atoms with Gasteiger partial charge in [-0.3, -0.25) is 24.8 Å². The number of halogens is 8. The number of aliphatic carboxylic acids is 1. The Balaban J connectivity index is 0.000000140. The van der Waals surface area contributed by atoms with E-state index in [-0.39, 0.29) is 111 Å².